The maximum Gasteiger partial charge on any atom is 0.137 e. The van der Waals surface area contributed by atoms with Crippen molar-refractivity contribution in [1.82, 2.24) is 14.4 Å². The first-order valence-electron chi connectivity index (χ1n) is 18.0. The summed E-state index contributed by atoms with van der Waals surface area (Å²) < 4.78 is 2.14. The second-order valence-corrected chi connectivity index (χ2v) is 13.2. The van der Waals surface area contributed by atoms with Crippen LogP contribution in [0.1, 0.15) is 16.7 Å². The molecule has 9 aromatic rings. The highest BCUT2D eigenvalue weighted by Crippen LogP contribution is 2.35. The lowest BCUT2D eigenvalue weighted by Gasteiger charge is -2.11. The van der Waals surface area contributed by atoms with Crippen LogP contribution in [0.15, 0.2) is 198 Å². The molecule has 0 aliphatic rings. The fourth-order valence-corrected chi connectivity index (χ4v) is 7.10. The van der Waals surface area contributed by atoms with Crippen molar-refractivity contribution in [2.75, 3.05) is 0 Å². The number of hydrogen-bond donors (Lipinski definition) is 0. The monoisotopic (exact) mass is 693 g/mol. The zero-order valence-corrected chi connectivity index (χ0v) is 29.5. The van der Waals surface area contributed by atoms with E-state index >= 15 is 0 Å². The quantitative estimate of drug-likeness (QED) is 0.141. The molecule has 0 spiro atoms. The van der Waals surface area contributed by atoms with Crippen molar-refractivity contribution in [1.29, 1.82) is 0 Å². The Morgan fingerprint density at radius 1 is 0.574 bits per heavy atom. The molecule has 0 unspecified atom stereocenters. The highest BCUT2D eigenvalue weighted by atomic mass is 15.0. The van der Waals surface area contributed by atoms with Crippen LogP contribution < -0.4 is 0 Å². The fourth-order valence-electron chi connectivity index (χ4n) is 7.10. The van der Waals surface area contributed by atoms with Crippen molar-refractivity contribution in [3.8, 4) is 33.5 Å². The standard InChI is InChI=1S/C49H35N5/c1-50-44(36-18-6-3-7-19-36)32-45(40-23-13-21-38(30-40)35-16-4-2-5-17-35)51-33-34-15-12-20-37(29-34)39-22-14-24-41(31-39)47-49-48(42-25-8-9-26-43(42)52-47)53-46-27-10-11-28-54(46)49/h2-32H,1,33H2/b44-32-,51-45?. The third-order valence-corrected chi connectivity index (χ3v) is 9.75. The minimum Gasteiger partial charge on any atom is -0.298 e. The van der Waals surface area contributed by atoms with E-state index in [1.807, 2.05) is 72.8 Å². The molecule has 256 valence electrons. The summed E-state index contributed by atoms with van der Waals surface area (Å²) in [6.45, 7) is 4.39. The van der Waals surface area contributed by atoms with Gasteiger partial charge in [0.1, 0.15) is 11.2 Å². The topological polar surface area (TPSA) is 54.9 Å². The van der Waals surface area contributed by atoms with Crippen LogP contribution >= 0.6 is 0 Å². The first-order chi connectivity index (χ1) is 26.7. The van der Waals surface area contributed by atoms with Crippen molar-refractivity contribution >= 4 is 45.7 Å². The molecule has 0 N–H and O–H groups in total. The molecule has 0 atom stereocenters. The van der Waals surface area contributed by atoms with E-state index in [-0.39, 0.29) is 0 Å². The second kappa shape index (κ2) is 14.4. The number of aliphatic imine (C=N–C) groups is 2. The number of para-hydroxylation sites is 1. The summed E-state index contributed by atoms with van der Waals surface area (Å²) >= 11 is 0. The van der Waals surface area contributed by atoms with Crippen molar-refractivity contribution in [3.63, 3.8) is 0 Å². The van der Waals surface area contributed by atoms with E-state index < -0.39 is 0 Å². The van der Waals surface area contributed by atoms with E-state index in [4.69, 9.17) is 15.0 Å². The van der Waals surface area contributed by atoms with Gasteiger partial charge in [-0.25, -0.2) is 9.97 Å². The third-order valence-electron chi connectivity index (χ3n) is 9.75. The minimum atomic E-state index is 0.489. The summed E-state index contributed by atoms with van der Waals surface area (Å²) in [7, 11) is 0. The lowest BCUT2D eigenvalue weighted by Crippen LogP contribution is -2.00. The molecular formula is C49H35N5. The van der Waals surface area contributed by atoms with Crippen molar-refractivity contribution in [3.05, 3.63) is 205 Å². The number of fused-ring (bicyclic) bond motifs is 5. The van der Waals surface area contributed by atoms with Gasteiger partial charge >= 0.3 is 0 Å². The van der Waals surface area contributed by atoms with Gasteiger partial charge in [-0.15, -0.1) is 0 Å². The molecular weight excluding hydrogens is 659 g/mol. The van der Waals surface area contributed by atoms with Crippen LogP contribution in [0, 0.1) is 0 Å². The first-order valence-corrected chi connectivity index (χ1v) is 18.0. The van der Waals surface area contributed by atoms with Gasteiger partial charge in [0.05, 0.1) is 34.7 Å². The summed E-state index contributed by atoms with van der Waals surface area (Å²) in [5.74, 6) is 0. The van der Waals surface area contributed by atoms with Gasteiger partial charge in [0, 0.05) is 28.3 Å². The summed E-state index contributed by atoms with van der Waals surface area (Å²) in [4.78, 5) is 19.9. The van der Waals surface area contributed by atoms with Gasteiger partial charge in [0.15, 0.2) is 0 Å². The van der Waals surface area contributed by atoms with Crippen LogP contribution in [0.25, 0.3) is 66.8 Å². The number of pyridine rings is 2. The van der Waals surface area contributed by atoms with E-state index in [2.05, 4.69) is 132 Å². The number of rotatable bonds is 9. The van der Waals surface area contributed by atoms with Gasteiger partial charge in [-0.2, -0.15) is 0 Å². The van der Waals surface area contributed by atoms with Crippen LogP contribution in [-0.2, 0) is 6.54 Å². The maximum atomic E-state index is 5.23. The Balaban J connectivity index is 1.10. The normalized spacial score (nSPS) is 12.1. The van der Waals surface area contributed by atoms with Crippen LogP contribution in [0.4, 0.5) is 0 Å². The molecule has 5 nitrogen and oxygen atoms in total. The van der Waals surface area contributed by atoms with E-state index in [0.717, 1.165) is 89.2 Å². The van der Waals surface area contributed by atoms with Crippen molar-refractivity contribution in [2.24, 2.45) is 9.98 Å². The predicted octanol–water partition coefficient (Wildman–Crippen LogP) is 11.8. The molecule has 0 aliphatic heterocycles. The van der Waals surface area contributed by atoms with Gasteiger partial charge < -0.3 is 0 Å². The molecule has 3 aromatic heterocycles. The van der Waals surface area contributed by atoms with Gasteiger partial charge in [-0.1, -0.05) is 140 Å². The number of allylic oxidation sites excluding steroid dienone is 1. The average Bonchev–Trinajstić information content (AvgIpc) is 3.64. The fraction of sp³-hybridized carbons (Fsp3) is 0.0204. The van der Waals surface area contributed by atoms with Crippen LogP contribution in [0.5, 0.6) is 0 Å². The summed E-state index contributed by atoms with van der Waals surface area (Å²) in [6, 6.07) is 60.7. The molecule has 0 saturated carbocycles. The van der Waals surface area contributed by atoms with Crippen LogP contribution in [-0.4, -0.2) is 26.8 Å². The molecule has 9 rings (SSSR count). The van der Waals surface area contributed by atoms with Crippen LogP contribution in [0.3, 0.4) is 0 Å². The van der Waals surface area contributed by atoms with Gasteiger partial charge in [0.25, 0.3) is 0 Å². The van der Waals surface area contributed by atoms with Crippen molar-refractivity contribution < 1.29 is 0 Å². The number of nitrogens with zero attached hydrogens (tertiary/aromatic N) is 5. The van der Waals surface area contributed by atoms with Gasteiger partial charge in [-0.3, -0.25) is 14.4 Å². The van der Waals surface area contributed by atoms with Gasteiger partial charge in [0.2, 0.25) is 0 Å². The summed E-state index contributed by atoms with van der Waals surface area (Å²) in [5.41, 5.74) is 14.9. The molecule has 0 amide bonds. The molecule has 54 heavy (non-hydrogen) atoms. The molecule has 0 bridgehead atoms. The molecule has 3 heterocycles. The minimum absolute atomic E-state index is 0.489. The number of benzene rings is 6. The lowest BCUT2D eigenvalue weighted by atomic mass is 9.98. The van der Waals surface area contributed by atoms with Gasteiger partial charge in [-0.05, 0) is 77.0 Å². The second-order valence-electron chi connectivity index (χ2n) is 13.2. The van der Waals surface area contributed by atoms with E-state index in [1.54, 1.807) is 0 Å². The molecule has 0 aliphatic carbocycles. The number of hydrogen-bond acceptors (Lipinski definition) is 4. The van der Waals surface area contributed by atoms with Crippen LogP contribution in [0.2, 0.25) is 0 Å². The Hall–Kier alpha value is -7.24. The first kappa shape index (κ1) is 32.7. The zero-order chi connectivity index (χ0) is 36.3. The Kier molecular flexibility index (Phi) is 8.71. The molecule has 6 aromatic carbocycles. The number of imidazole rings is 1. The summed E-state index contributed by atoms with van der Waals surface area (Å²) in [5, 5.41) is 1.05. The van der Waals surface area contributed by atoms with E-state index in [1.165, 1.54) is 0 Å². The zero-order valence-electron chi connectivity index (χ0n) is 29.5. The predicted molar refractivity (Wildman–Crippen MR) is 225 cm³/mol. The Morgan fingerprint density at radius 2 is 1.22 bits per heavy atom. The molecule has 0 saturated heterocycles. The maximum absolute atomic E-state index is 5.23. The lowest BCUT2D eigenvalue weighted by molar-refractivity contribution is 1.07. The third kappa shape index (κ3) is 6.40. The smallest absolute Gasteiger partial charge is 0.137 e. The Labute approximate surface area is 314 Å². The Bertz CT molecular complexity index is 2870. The average molecular weight is 694 g/mol. The largest absolute Gasteiger partial charge is 0.298 e. The highest BCUT2D eigenvalue weighted by molar-refractivity contribution is 6.13. The SMILES string of the molecule is C=N/C(=C\C(=NCc1cccc(-c2cccc(-c3nc4ccccc4c4nc5ccccn5c34)c2)c1)c1cccc(-c2ccccc2)c1)c1ccccc1. The van der Waals surface area contributed by atoms with E-state index in [0.29, 0.717) is 6.54 Å². The Morgan fingerprint density at radius 3 is 2.06 bits per heavy atom. The molecule has 0 radical (unpaired) electrons. The number of aromatic nitrogens is 3. The highest BCUT2D eigenvalue weighted by Gasteiger charge is 2.17. The summed E-state index contributed by atoms with van der Waals surface area (Å²) in [6.07, 6.45) is 4.10. The van der Waals surface area contributed by atoms with E-state index in [9.17, 15) is 0 Å². The van der Waals surface area contributed by atoms with Crippen molar-refractivity contribution in [2.45, 2.75) is 6.54 Å². The molecule has 5 heteroatoms. The molecule has 0 fully saturated rings.